The zero-order chi connectivity index (χ0) is 11.9. The first kappa shape index (κ1) is 14.9. The molecule has 0 fully saturated rings. The maximum Gasteiger partial charge on any atom is 0.0688 e. The Labute approximate surface area is 94.2 Å². The first-order valence-electron chi connectivity index (χ1n) is 5.88. The van der Waals surface area contributed by atoms with Crippen LogP contribution in [0.1, 0.15) is 47.0 Å². The number of methoxy groups -OCH3 is 1. The smallest absolute Gasteiger partial charge is 0.0688 e. The van der Waals surface area contributed by atoms with E-state index in [1.807, 2.05) is 20.8 Å². The second-order valence-electron chi connectivity index (χ2n) is 4.84. The van der Waals surface area contributed by atoms with Crippen molar-refractivity contribution < 1.29 is 9.84 Å². The summed E-state index contributed by atoms with van der Waals surface area (Å²) in [6, 6.07) is 0.333. The summed E-state index contributed by atoms with van der Waals surface area (Å²) in [6.45, 7) is 8.75. The van der Waals surface area contributed by atoms with Crippen molar-refractivity contribution >= 4 is 0 Å². The molecule has 2 unspecified atom stereocenters. The first-order chi connectivity index (χ1) is 6.94. The lowest BCUT2D eigenvalue weighted by atomic mass is 9.96. The first-order valence-corrected chi connectivity index (χ1v) is 5.88. The van der Waals surface area contributed by atoms with Crippen LogP contribution in [0.4, 0.5) is 0 Å². The summed E-state index contributed by atoms with van der Waals surface area (Å²) in [5.74, 6) is 0. The van der Waals surface area contributed by atoms with Gasteiger partial charge in [0.2, 0.25) is 0 Å². The van der Waals surface area contributed by atoms with Gasteiger partial charge in [0.25, 0.3) is 0 Å². The summed E-state index contributed by atoms with van der Waals surface area (Å²) in [7, 11) is 1.72. The Kier molecular flexibility index (Phi) is 7.14. The van der Waals surface area contributed by atoms with Gasteiger partial charge in [-0.1, -0.05) is 19.8 Å². The van der Waals surface area contributed by atoms with Gasteiger partial charge >= 0.3 is 0 Å². The number of hydrogen-bond donors (Lipinski definition) is 2. The van der Waals surface area contributed by atoms with E-state index in [4.69, 9.17) is 4.74 Å². The van der Waals surface area contributed by atoms with Gasteiger partial charge in [0.15, 0.2) is 0 Å². The Morgan fingerprint density at radius 1 is 1.40 bits per heavy atom. The van der Waals surface area contributed by atoms with Crippen LogP contribution in [0.15, 0.2) is 0 Å². The van der Waals surface area contributed by atoms with Crippen LogP contribution in [0, 0.1) is 0 Å². The Morgan fingerprint density at radius 3 is 2.40 bits per heavy atom. The Balaban J connectivity index is 4.13. The average Bonchev–Trinajstić information content (AvgIpc) is 2.14. The molecule has 0 aliphatic carbocycles. The number of aliphatic hydroxyl groups excluding tert-OH is 1. The molecule has 0 rings (SSSR count). The maximum atomic E-state index is 9.62. The molecule has 0 heterocycles. The lowest BCUT2D eigenvalue weighted by molar-refractivity contribution is 0.0693. The molecule has 0 saturated heterocycles. The molecule has 3 nitrogen and oxygen atoms in total. The molecule has 0 aromatic heterocycles. The second kappa shape index (κ2) is 7.20. The Bertz CT molecular complexity index is 158. The van der Waals surface area contributed by atoms with Gasteiger partial charge in [0, 0.05) is 18.7 Å². The number of nitrogens with one attached hydrogen (secondary N) is 1. The molecule has 0 radical (unpaired) electrons. The van der Waals surface area contributed by atoms with Gasteiger partial charge in [-0.05, 0) is 27.2 Å². The molecule has 0 aromatic rings. The average molecular weight is 217 g/mol. The largest absolute Gasteiger partial charge is 0.392 e. The van der Waals surface area contributed by atoms with E-state index < -0.39 is 0 Å². The van der Waals surface area contributed by atoms with Crippen LogP contribution in [0.25, 0.3) is 0 Å². The lowest BCUT2D eigenvalue weighted by Crippen LogP contribution is -2.54. The van der Waals surface area contributed by atoms with Crippen LogP contribution in [-0.2, 0) is 4.74 Å². The fourth-order valence-electron chi connectivity index (χ4n) is 1.50. The van der Waals surface area contributed by atoms with Crippen LogP contribution in [-0.4, -0.2) is 36.5 Å². The predicted octanol–water partition coefficient (Wildman–Crippen LogP) is 1.94. The molecule has 3 heteroatoms. The van der Waals surface area contributed by atoms with E-state index in [9.17, 15) is 5.11 Å². The van der Waals surface area contributed by atoms with Gasteiger partial charge in [0.05, 0.1) is 12.7 Å². The fourth-order valence-corrected chi connectivity index (χ4v) is 1.50. The van der Waals surface area contributed by atoms with Gasteiger partial charge in [0.1, 0.15) is 0 Å². The Hall–Kier alpha value is -0.120. The molecule has 0 saturated carbocycles. The summed E-state index contributed by atoms with van der Waals surface area (Å²) in [6.07, 6.45) is 3.12. The van der Waals surface area contributed by atoms with E-state index in [0.717, 1.165) is 6.42 Å². The zero-order valence-corrected chi connectivity index (χ0v) is 10.8. The third kappa shape index (κ3) is 6.13. The molecule has 0 aliphatic heterocycles. The lowest BCUT2D eigenvalue weighted by Gasteiger charge is -2.34. The van der Waals surface area contributed by atoms with Crippen molar-refractivity contribution in [3.05, 3.63) is 0 Å². The summed E-state index contributed by atoms with van der Waals surface area (Å²) in [5.41, 5.74) is -0.253. The van der Waals surface area contributed by atoms with Crippen molar-refractivity contribution in [3.8, 4) is 0 Å². The number of aliphatic hydroxyl groups is 1. The topological polar surface area (TPSA) is 41.5 Å². The highest BCUT2D eigenvalue weighted by Crippen LogP contribution is 2.12. The van der Waals surface area contributed by atoms with E-state index in [0.29, 0.717) is 12.6 Å². The summed E-state index contributed by atoms with van der Waals surface area (Å²) >= 11 is 0. The molecule has 0 aromatic carbocycles. The van der Waals surface area contributed by atoms with Crippen LogP contribution >= 0.6 is 0 Å². The van der Waals surface area contributed by atoms with Crippen molar-refractivity contribution in [2.75, 3.05) is 13.7 Å². The monoisotopic (exact) mass is 217 g/mol. The standard InChI is InChI=1S/C12H27NO2/c1-6-7-8-11(9-15-5)13-12(3,4)10(2)14/h10-11,13-14H,6-9H2,1-5H3. The van der Waals surface area contributed by atoms with Gasteiger partial charge < -0.3 is 15.2 Å². The summed E-state index contributed by atoms with van der Waals surface area (Å²) in [5, 5.41) is 13.1. The van der Waals surface area contributed by atoms with Crippen molar-refractivity contribution in [3.63, 3.8) is 0 Å². The minimum atomic E-state index is -0.363. The number of ether oxygens (including phenoxy) is 1. The van der Waals surface area contributed by atoms with Crippen molar-refractivity contribution in [1.82, 2.24) is 5.32 Å². The molecule has 2 atom stereocenters. The normalized spacial score (nSPS) is 16.4. The van der Waals surface area contributed by atoms with Crippen LogP contribution < -0.4 is 5.32 Å². The third-order valence-corrected chi connectivity index (χ3v) is 2.89. The summed E-state index contributed by atoms with van der Waals surface area (Å²) in [4.78, 5) is 0. The molecule has 0 bridgehead atoms. The second-order valence-corrected chi connectivity index (χ2v) is 4.84. The quantitative estimate of drug-likeness (QED) is 0.653. The fraction of sp³-hybridized carbons (Fsp3) is 1.00. The maximum absolute atomic E-state index is 9.62. The van der Waals surface area contributed by atoms with Crippen molar-refractivity contribution in [1.29, 1.82) is 0 Å². The molecular formula is C12H27NO2. The van der Waals surface area contributed by atoms with Crippen LogP contribution in [0.2, 0.25) is 0 Å². The number of hydrogen-bond acceptors (Lipinski definition) is 3. The highest BCUT2D eigenvalue weighted by atomic mass is 16.5. The van der Waals surface area contributed by atoms with Crippen LogP contribution in [0.3, 0.4) is 0 Å². The number of unbranched alkanes of at least 4 members (excludes halogenated alkanes) is 1. The zero-order valence-electron chi connectivity index (χ0n) is 10.8. The van der Waals surface area contributed by atoms with E-state index in [1.165, 1.54) is 12.8 Å². The third-order valence-electron chi connectivity index (χ3n) is 2.89. The molecule has 92 valence electrons. The van der Waals surface area contributed by atoms with Crippen LogP contribution in [0.5, 0.6) is 0 Å². The highest BCUT2D eigenvalue weighted by molar-refractivity contribution is 4.86. The minimum Gasteiger partial charge on any atom is -0.392 e. The number of rotatable bonds is 8. The molecule has 2 N–H and O–H groups in total. The van der Waals surface area contributed by atoms with Gasteiger partial charge in [-0.3, -0.25) is 0 Å². The molecular weight excluding hydrogens is 190 g/mol. The van der Waals surface area contributed by atoms with E-state index >= 15 is 0 Å². The molecule has 0 amide bonds. The SMILES string of the molecule is CCCCC(COC)NC(C)(C)C(C)O. The highest BCUT2D eigenvalue weighted by Gasteiger charge is 2.26. The summed E-state index contributed by atoms with van der Waals surface area (Å²) < 4.78 is 5.18. The predicted molar refractivity (Wildman–Crippen MR) is 64.1 cm³/mol. The van der Waals surface area contributed by atoms with Crippen molar-refractivity contribution in [2.24, 2.45) is 0 Å². The Morgan fingerprint density at radius 2 is 2.00 bits per heavy atom. The minimum absolute atomic E-state index is 0.253. The van der Waals surface area contributed by atoms with E-state index in [-0.39, 0.29) is 11.6 Å². The van der Waals surface area contributed by atoms with E-state index in [1.54, 1.807) is 7.11 Å². The van der Waals surface area contributed by atoms with Gasteiger partial charge in [-0.15, -0.1) is 0 Å². The molecule has 15 heavy (non-hydrogen) atoms. The molecule has 0 aliphatic rings. The van der Waals surface area contributed by atoms with Crippen molar-refractivity contribution in [2.45, 2.75) is 64.6 Å². The van der Waals surface area contributed by atoms with E-state index in [2.05, 4.69) is 12.2 Å². The van der Waals surface area contributed by atoms with Gasteiger partial charge in [-0.25, -0.2) is 0 Å². The molecule has 0 spiro atoms. The van der Waals surface area contributed by atoms with Gasteiger partial charge in [-0.2, -0.15) is 0 Å².